The van der Waals surface area contributed by atoms with Gasteiger partial charge in [-0.25, -0.2) is 8.42 Å². The Balaban J connectivity index is 1.77. The molecule has 4 rings (SSSR count). The highest BCUT2D eigenvalue weighted by Gasteiger charge is 2.50. The van der Waals surface area contributed by atoms with Crippen molar-refractivity contribution in [2.24, 2.45) is 0 Å². The fraction of sp³-hybridized carbons (Fsp3) is 0.471. The summed E-state index contributed by atoms with van der Waals surface area (Å²) in [6, 6.07) is 9.59. The van der Waals surface area contributed by atoms with Gasteiger partial charge in [-0.1, -0.05) is 18.6 Å². The second kappa shape index (κ2) is 4.77. The van der Waals surface area contributed by atoms with E-state index in [0.717, 1.165) is 22.9 Å². The van der Waals surface area contributed by atoms with Crippen molar-refractivity contribution in [3.63, 3.8) is 0 Å². The van der Waals surface area contributed by atoms with Crippen LogP contribution < -0.4 is 0 Å². The van der Waals surface area contributed by atoms with Crippen LogP contribution in [0.25, 0.3) is 10.9 Å². The van der Waals surface area contributed by atoms with Crippen molar-refractivity contribution < 1.29 is 13.5 Å². The molecular formula is C17H19NO3S. The van der Waals surface area contributed by atoms with Gasteiger partial charge in [0.05, 0.1) is 21.6 Å². The van der Waals surface area contributed by atoms with Gasteiger partial charge in [-0.2, -0.15) is 0 Å². The van der Waals surface area contributed by atoms with E-state index in [-0.39, 0.29) is 0 Å². The first-order chi connectivity index (χ1) is 10.5. The molecule has 1 aromatic heterocycles. The molecule has 0 aliphatic carbocycles. The van der Waals surface area contributed by atoms with E-state index in [1.165, 1.54) is 0 Å². The molecule has 0 saturated carbocycles. The topological polar surface area (TPSA) is 67.3 Å². The minimum absolute atomic E-state index is 0.317. The van der Waals surface area contributed by atoms with E-state index in [4.69, 9.17) is 0 Å². The summed E-state index contributed by atoms with van der Waals surface area (Å²) in [7, 11) is -3.06. The zero-order valence-electron chi connectivity index (χ0n) is 12.3. The van der Waals surface area contributed by atoms with Crippen LogP contribution in [0, 0.1) is 0 Å². The Morgan fingerprint density at radius 2 is 1.86 bits per heavy atom. The molecule has 2 fully saturated rings. The predicted octanol–water partition coefficient (Wildman–Crippen LogP) is 2.55. The molecule has 1 N–H and O–H groups in total. The van der Waals surface area contributed by atoms with Gasteiger partial charge in [0.2, 0.25) is 0 Å². The van der Waals surface area contributed by atoms with Crippen LogP contribution in [0.1, 0.15) is 37.7 Å². The molecule has 2 aromatic rings. The van der Waals surface area contributed by atoms with Crippen LogP contribution in [0.4, 0.5) is 0 Å². The van der Waals surface area contributed by atoms with Crippen molar-refractivity contribution in [2.75, 3.05) is 0 Å². The van der Waals surface area contributed by atoms with E-state index in [1.54, 1.807) is 6.20 Å². The molecule has 2 unspecified atom stereocenters. The third kappa shape index (κ3) is 2.07. The number of fused-ring (bicyclic) bond motifs is 3. The highest BCUT2D eigenvalue weighted by atomic mass is 32.2. The fourth-order valence-electron chi connectivity index (χ4n) is 4.05. The highest BCUT2D eigenvalue weighted by molar-refractivity contribution is 7.92. The number of hydrogen-bond donors (Lipinski definition) is 1. The van der Waals surface area contributed by atoms with Crippen LogP contribution in [0.2, 0.25) is 0 Å². The molecule has 2 aliphatic rings. The molecule has 2 saturated heterocycles. The van der Waals surface area contributed by atoms with Crippen LogP contribution in [-0.2, 0) is 15.4 Å². The number of sulfone groups is 1. The Bertz CT molecular complexity index is 811. The molecule has 1 aromatic carbocycles. The number of benzene rings is 1. The standard InChI is InChI=1S/C17H19NO3S/c19-17(10-14-4-1-5-15(11-17)22(14,20)21)13-6-7-16-12(9-13)3-2-8-18-16/h2-3,6-9,14-15,19H,1,4-5,10-11H2. The van der Waals surface area contributed by atoms with Crippen LogP contribution >= 0.6 is 0 Å². The third-order valence-corrected chi connectivity index (χ3v) is 7.92. The van der Waals surface area contributed by atoms with Crippen molar-refractivity contribution in [3.05, 3.63) is 42.1 Å². The lowest BCUT2D eigenvalue weighted by Gasteiger charge is -2.44. The monoisotopic (exact) mass is 317 g/mol. The molecule has 2 bridgehead atoms. The zero-order valence-corrected chi connectivity index (χ0v) is 13.1. The van der Waals surface area contributed by atoms with Gasteiger partial charge in [0, 0.05) is 11.6 Å². The van der Waals surface area contributed by atoms with Gasteiger partial charge < -0.3 is 5.11 Å². The Hall–Kier alpha value is -1.46. The molecule has 0 spiro atoms. The molecular weight excluding hydrogens is 298 g/mol. The first-order valence-corrected chi connectivity index (χ1v) is 9.40. The number of nitrogens with zero attached hydrogens (tertiary/aromatic N) is 1. The Kier molecular flexibility index (Phi) is 3.07. The molecule has 2 aliphatic heterocycles. The van der Waals surface area contributed by atoms with Crippen LogP contribution in [-0.4, -0.2) is 29.0 Å². The summed E-state index contributed by atoms with van der Waals surface area (Å²) in [6.45, 7) is 0. The first kappa shape index (κ1) is 14.2. The van der Waals surface area contributed by atoms with Gasteiger partial charge >= 0.3 is 0 Å². The normalized spacial score (nSPS) is 33.7. The number of aliphatic hydroxyl groups is 1. The predicted molar refractivity (Wildman–Crippen MR) is 85.2 cm³/mol. The SMILES string of the molecule is O=S1(=O)C2CCCC1CC(O)(c1ccc3ncccc3c1)C2. The lowest BCUT2D eigenvalue weighted by Crippen LogP contribution is -2.50. The summed E-state index contributed by atoms with van der Waals surface area (Å²) < 4.78 is 24.8. The molecule has 2 atom stereocenters. The first-order valence-electron chi connectivity index (χ1n) is 7.79. The summed E-state index contributed by atoms with van der Waals surface area (Å²) in [6.07, 6.45) is 4.68. The molecule has 0 amide bonds. The number of pyridine rings is 1. The zero-order chi connectivity index (χ0) is 15.4. The van der Waals surface area contributed by atoms with Gasteiger partial charge in [0.25, 0.3) is 0 Å². The van der Waals surface area contributed by atoms with Crippen molar-refractivity contribution in [3.8, 4) is 0 Å². The molecule has 22 heavy (non-hydrogen) atoms. The van der Waals surface area contributed by atoms with E-state index in [0.29, 0.717) is 25.7 Å². The molecule has 5 heteroatoms. The number of aromatic nitrogens is 1. The summed E-state index contributed by atoms with van der Waals surface area (Å²) >= 11 is 0. The van der Waals surface area contributed by atoms with Crippen LogP contribution in [0.5, 0.6) is 0 Å². The molecule has 116 valence electrons. The van der Waals surface area contributed by atoms with Crippen molar-refractivity contribution >= 4 is 20.7 Å². The smallest absolute Gasteiger partial charge is 0.156 e. The lowest BCUT2D eigenvalue weighted by atomic mass is 9.80. The maximum atomic E-state index is 12.4. The summed E-state index contributed by atoms with van der Waals surface area (Å²) in [5.41, 5.74) is 0.670. The van der Waals surface area contributed by atoms with E-state index in [9.17, 15) is 13.5 Å². The van der Waals surface area contributed by atoms with Crippen LogP contribution in [0.15, 0.2) is 36.5 Å². The minimum atomic E-state index is -3.06. The molecule has 4 nitrogen and oxygen atoms in total. The van der Waals surface area contributed by atoms with Gasteiger partial charge in [0.1, 0.15) is 0 Å². The lowest BCUT2D eigenvalue weighted by molar-refractivity contribution is 0.00512. The summed E-state index contributed by atoms with van der Waals surface area (Å²) in [5, 5.41) is 11.3. The second-order valence-electron chi connectivity index (χ2n) is 6.61. The van der Waals surface area contributed by atoms with Gasteiger partial charge in [-0.15, -0.1) is 0 Å². The minimum Gasteiger partial charge on any atom is -0.385 e. The van der Waals surface area contributed by atoms with E-state index >= 15 is 0 Å². The maximum Gasteiger partial charge on any atom is 0.156 e. The van der Waals surface area contributed by atoms with Gasteiger partial charge in [-0.3, -0.25) is 4.98 Å². The van der Waals surface area contributed by atoms with Crippen molar-refractivity contribution in [1.82, 2.24) is 4.98 Å². The van der Waals surface area contributed by atoms with E-state index in [1.807, 2.05) is 30.3 Å². The number of rotatable bonds is 1. The Labute approximate surface area is 130 Å². The van der Waals surface area contributed by atoms with E-state index in [2.05, 4.69) is 4.98 Å². The number of hydrogen-bond acceptors (Lipinski definition) is 4. The third-order valence-electron chi connectivity index (χ3n) is 5.25. The van der Waals surface area contributed by atoms with Crippen molar-refractivity contribution in [2.45, 2.75) is 48.2 Å². The fourth-order valence-corrected chi connectivity index (χ4v) is 6.60. The summed E-state index contributed by atoms with van der Waals surface area (Å²) in [4.78, 5) is 4.29. The quantitative estimate of drug-likeness (QED) is 0.878. The maximum absolute atomic E-state index is 12.4. The average molecular weight is 317 g/mol. The highest BCUT2D eigenvalue weighted by Crippen LogP contribution is 2.46. The average Bonchev–Trinajstić information content (AvgIpc) is 2.48. The Morgan fingerprint density at radius 1 is 1.14 bits per heavy atom. The van der Waals surface area contributed by atoms with Crippen molar-refractivity contribution in [1.29, 1.82) is 0 Å². The van der Waals surface area contributed by atoms with Crippen LogP contribution in [0.3, 0.4) is 0 Å². The summed E-state index contributed by atoms with van der Waals surface area (Å²) in [5.74, 6) is 0. The molecule has 0 radical (unpaired) electrons. The largest absolute Gasteiger partial charge is 0.385 e. The van der Waals surface area contributed by atoms with E-state index < -0.39 is 25.9 Å². The molecule has 3 heterocycles. The van der Waals surface area contributed by atoms with Gasteiger partial charge in [-0.05, 0) is 49.4 Å². The Morgan fingerprint density at radius 3 is 2.59 bits per heavy atom. The van der Waals surface area contributed by atoms with Gasteiger partial charge in [0.15, 0.2) is 9.84 Å². The second-order valence-corrected chi connectivity index (χ2v) is 9.13.